The van der Waals surface area contributed by atoms with Crippen molar-refractivity contribution < 1.29 is 4.79 Å². The molecule has 2 aromatic carbocycles. The Balaban J connectivity index is 2.14. The molecule has 96 valence electrons. The van der Waals surface area contributed by atoms with Gasteiger partial charge in [-0.25, -0.2) is 0 Å². The van der Waals surface area contributed by atoms with E-state index in [2.05, 4.69) is 11.4 Å². The Labute approximate surface area is 112 Å². The average Bonchev–Trinajstić information content (AvgIpc) is 2.57. The second-order valence-corrected chi connectivity index (χ2v) is 4.80. The third kappa shape index (κ3) is 2.25. The molecule has 19 heavy (non-hydrogen) atoms. The van der Waals surface area contributed by atoms with Crippen molar-refractivity contribution in [2.24, 2.45) is 0 Å². The lowest BCUT2D eigenvalue weighted by Crippen LogP contribution is -2.31. The number of para-hydroxylation sites is 1. The third-order valence-corrected chi connectivity index (χ3v) is 3.33. The van der Waals surface area contributed by atoms with Crippen LogP contribution in [0.15, 0.2) is 48.5 Å². The molecule has 0 aromatic heterocycles. The summed E-state index contributed by atoms with van der Waals surface area (Å²) in [5.74, 6) is 0.0792. The van der Waals surface area contributed by atoms with Crippen LogP contribution in [0, 0.1) is 6.92 Å². The number of hydrogen-bond donors (Lipinski definition) is 1. The van der Waals surface area contributed by atoms with E-state index in [4.69, 9.17) is 0 Å². The number of nitrogens with zero attached hydrogens (tertiary/aromatic N) is 1. The summed E-state index contributed by atoms with van der Waals surface area (Å²) in [5.41, 5.74) is 4.21. The summed E-state index contributed by atoms with van der Waals surface area (Å²) in [5, 5.41) is 3.18. The maximum atomic E-state index is 12.4. The lowest BCUT2D eigenvalue weighted by atomic mass is 10.1. The van der Waals surface area contributed by atoms with Crippen LogP contribution in [0.1, 0.15) is 11.1 Å². The molecular weight excluding hydrogens is 236 g/mol. The smallest absolute Gasteiger partial charge is 0.245 e. The zero-order valence-electron chi connectivity index (χ0n) is 10.9. The van der Waals surface area contributed by atoms with Gasteiger partial charge in [-0.3, -0.25) is 9.69 Å². The Kier molecular flexibility index (Phi) is 3.05. The molecule has 0 saturated carbocycles. The van der Waals surface area contributed by atoms with Gasteiger partial charge >= 0.3 is 0 Å². The summed E-state index contributed by atoms with van der Waals surface area (Å²) >= 11 is 0. The van der Waals surface area contributed by atoms with Gasteiger partial charge in [0.2, 0.25) is 5.91 Å². The van der Waals surface area contributed by atoms with Crippen molar-refractivity contribution in [1.29, 1.82) is 0 Å². The van der Waals surface area contributed by atoms with Gasteiger partial charge in [-0.05, 0) is 36.2 Å². The van der Waals surface area contributed by atoms with Crippen LogP contribution in [-0.4, -0.2) is 12.5 Å². The fourth-order valence-corrected chi connectivity index (χ4v) is 2.45. The van der Waals surface area contributed by atoms with E-state index in [1.807, 2.05) is 54.3 Å². The van der Waals surface area contributed by atoms with Crippen LogP contribution < -0.4 is 10.2 Å². The molecule has 0 bridgehead atoms. The number of benzene rings is 2. The topological polar surface area (TPSA) is 32.3 Å². The second kappa shape index (κ2) is 4.86. The molecule has 3 heteroatoms. The van der Waals surface area contributed by atoms with Gasteiger partial charge in [0.15, 0.2) is 0 Å². The van der Waals surface area contributed by atoms with Gasteiger partial charge in [0.25, 0.3) is 0 Å². The maximum Gasteiger partial charge on any atom is 0.245 e. The third-order valence-electron chi connectivity index (χ3n) is 3.33. The molecule has 0 atom stereocenters. The number of aryl methyl sites for hydroxylation is 1. The highest BCUT2D eigenvalue weighted by molar-refractivity contribution is 6.02. The first-order chi connectivity index (χ1) is 9.25. The standard InChI is InChI=1S/C16H16N2O/c1-12-5-4-7-14(9-12)18-15-8-3-2-6-13(15)10-17-11-16(18)19/h2-9,17H,10-11H2,1H3. The number of fused-ring (bicyclic) bond motifs is 1. The normalized spacial score (nSPS) is 15.0. The predicted molar refractivity (Wildman–Crippen MR) is 76.5 cm³/mol. The molecule has 0 radical (unpaired) electrons. The predicted octanol–water partition coefficient (Wildman–Crippen LogP) is 2.76. The Bertz CT molecular complexity index is 622. The maximum absolute atomic E-state index is 12.4. The summed E-state index contributed by atoms with van der Waals surface area (Å²) in [6, 6.07) is 16.1. The minimum atomic E-state index is 0.0792. The number of anilines is 2. The van der Waals surface area contributed by atoms with Gasteiger partial charge < -0.3 is 5.32 Å². The van der Waals surface area contributed by atoms with E-state index < -0.39 is 0 Å². The van der Waals surface area contributed by atoms with Crippen LogP contribution >= 0.6 is 0 Å². The molecule has 3 rings (SSSR count). The molecule has 1 N–H and O–H groups in total. The Morgan fingerprint density at radius 1 is 1.05 bits per heavy atom. The van der Waals surface area contributed by atoms with E-state index in [1.165, 1.54) is 0 Å². The quantitative estimate of drug-likeness (QED) is 0.846. The molecule has 0 saturated heterocycles. The monoisotopic (exact) mass is 252 g/mol. The van der Waals surface area contributed by atoms with Crippen LogP contribution in [0.3, 0.4) is 0 Å². The van der Waals surface area contributed by atoms with Crippen molar-refractivity contribution in [3.05, 3.63) is 59.7 Å². The fraction of sp³-hybridized carbons (Fsp3) is 0.188. The summed E-state index contributed by atoms with van der Waals surface area (Å²) in [7, 11) is 0. The molecule has 0 aliphatic carbocycles. The van der Waals surface area contributed by atoms with E-state index in [1.54, 1.807) is 0 Å². The zero-order chi connectivity index (χ0) is 13.2. The Morgan fingerprint density at radius 3 is 2.74 bits per heavy atom. The number of rotatable bonds is 1. The number of carbonyl (C=O) groups excluding carboxylic acids is 1. The summed E-state index contributed by atoms with van der Waals surface area (Å²) in [6.07, 6.45) is 0. The minimum Gasteiger partial charge on any atom is -0.304 e. The van der Waals surface area contributed by atoms with Crippen molar-refractivity contribution in [2.45, 2.75) is 13.5 Å². The molecule has 1 aliphatic heterocycles. The number of amides is 1. The van der Waals surface area contributed by atoms with Crippen molar-refractivity contribution in [1.82, 2.24) is 5.32 Å². The van der Waals surface area contributed by atoms with Crippen molar-refractivity contribution in [3.63, 3.8) is 0 Å². The van der Waals surface area contributed by atoms with Crippen molar-refractivity contribution >= 4 is 17.3 Å². The fourth-order valence-electron chi connectivity index (χ4n) is 2.45. The van der Waals surface area contributed by atoms with Crippen LogP contribution in [0.4, 0.5) is 11.4 Å². The van der Waals surface area contributed by atoms with Crippen molar-refractivity contribution in [3.8, 4) is 0 Å². The Hall–Kier alpha value is -2.13. The highest BCUT2D eigenvalue weighted by atomic mass is 16.2. The van der Waals surface area contributed by atoms with E-state index in [-0.39, 0.29) is 5.91 Å². The SMILES string of the molecule is Cc1cccc(N2C(=O)CNCc3ccccc32)c1. The van der Waals surface area contributed by atoms with Gasteiger partial charge in [0, 0.05) is 12.2 Å². The molecule has 0 unspecified atom stereocenters. The summed E-state index contributed by atoms with van der Waals surface area (Å²) < 4.78 is 0. The first-order valence-electron chi connectivity index (χ1n) is 6.44. The van der Waals surface area contributed by atoms with Crippen LogP contribution in [0.25, 0.3) is 0 Å². The van der Waals surface area contributed by atoms with E-state index in [9.17, 15) is 4.79 Å². The molecular formula is C16H16N2O. The number of nitrogens with one attached hydrogen (secondary N) is 1. The van der Waals surface area contributed by atoms with Gasteiger partial charge in [-0.1, -0.05) is 30.3 Å². The van der Waals surface area contributed by atoms with Gasteiger partial charge in [-0.15, -0.1) is 0 Å². The molecule has 1 amide bonds. The molecule has 3 nitrogen and oxygen atoms in total. The van der Waals surface area contributed by atoms with Gasteiger partial charge in [-0.2, -0.15) is 0 Å². The Morgan fingerprint density at radius 2 is 1.89 bits per heavy atom. The zero-order valence-corrected chi connectivity index (χ0v) is 10.9. The molecule has 2 aromatic rings. The van der Waals surface area contributed by atoms with E-state index in [0.717, 1.165) is 29.0 Å². The molecule has 1 aliphatic rings. The lowest BCUT2D eigenvalue weighted by Gasteiger charge is -2.23. The molecule has 0 spiro atoms. The number of carbonyl (C=O) groups is 1. The largest absolute Gasteiger partial charge is 0.304 e. The summed E-state index contributed by atoms with van der Waals surface area (Å²) in [4.78, 5) is 14.2. The average molecular weight is 252 g/mol. The van der Waals surface area contributed by atoms with Crippen molar-refractivity contribution in [2.75, 3.05) is 11.4 Å². The first kappa shape index (κ1) is 11.9. The highest BCUT2D eigenvalue weighted by Gasteiger charge is 2.22. The first-order valence-corrected chi connectivity index (χ1v) is 6.44. The molecule has 1 heterocycles. The molecule has 0 fully saturated rings. The number of hydrogen-bond acceptors (Lipinski definition) is 2. The lowest BCUT2D eigenvalue weighted by molar-refractivity contribution is -0.117. The van der Waals surface area contributed by atoms with E-state index >= 15 is 0 Å². The van der Waals surface area contributed by atoms with Crippen LogP contribution in [0.2, 0.25) is 0 Å². The highest BCUT2D eigenvalue weighted by Crippen LogP contribution is 2.30. The van der Waals surface area contributed by atoms with Gasteiger partial charge in [0.1, 0.15) is 0 Å². The summed E-state index contributed by atoms with van der Waals surface area (Å²) in [6.45, 7) is 3.13. The van der Waals surface area contributed by atoms with Gasteiger partial charge in [0.05, 0.1) is 12.2 Å². The van der Waals surface area contributed by atoms with Crippen LogP contribution in [-0.2, 0) is 11.3 Å². The second-order valence-electron chi connectivity index (χ2n) is 4.80. The van der Waals surface area contributed by atoms with Crippen LogP contribution in [0.5, 0.6) is 0 Å². The minimum absolute atomic E-state index is 0.0792. The van der Waals surface area contributed by atoms with E-state index in [0.29, 0.717) is 6.54 Å².